The number of methoxy groups -OCH3 is 1. The molecule has 0 atom stereocenters. The number of carbonyl (C=O) groups excluding carboxylic acids is 1. The quantitative estimate of drug-likeness (QED) is 0.740. The third-order valence-corrected chi connectivity index (χ3v) is 5.00. The molecule has 2 heterocycles. The van der Waals surface area contributed by atoms with E-state index >= 15 is 0 Å². The van der Waals surface area contributed by atoms with Crippen molar-refractivity contribution in [2.45, 2.75) is 19.4 Å². The average molecular weight is 393 g/mol. The maximum Gasteiger partial charge on any atom is 0.257 e. The van der Waals surface area contributed by atoms with Crippen molar-refractivity contribution in [2.24, 2.45) is 0 Å². The van der Waals surface area contributed by atoms with Gasteiger partial charge in [0.2, 0.25) is 0 Å². The van der Waals surface area contributed by atoms with E-state index in [0.717, 1.165) is 5.56 Å². The van der Waals surface area contributed by atoms with Crippen molar-refractivity contribution < 1.29 is 13.9 Å². The Morgan fingerprint density at radius 3 is 2.86 bits per heavy atom. The molecule has 0 bridgehead atoms. The Hall–Kier alpha value is -3.48. The number of nitrogens with one attached hydrogen (secondary N) is 1. The molecular weight excluding hydrogens is 373 g/mol. The van der Waals surface area contributed by atoms with Gasteiger partial charge in [0.25, 0.3) is 11.5 Å². The number of halogens is 1. The van der Waals surface area contributed by atoms with Crippen LogP contribution in [0, 0.1) is 5.82 Å². The van der Waals surface area contributed by atoms with Crippen LogP contribution in [0.15, 0.2) is 53.3 Å². The summed E-state index contributed by atoms with van der Waals surface area (Å²) in [5.41, 5.74) is 2.10. The topological polar surface area (TPSA) is 75.3 Å². The van der Waals surface area contributed by atoms with Crippen LogP contribution in [-0.2, 0) is 19.4 Å². The summed E-state index contributed by atoms with van der Waals surface area (Å²) in [7, 11) is 1.52. The first-order valence-electron chi connectivity index (χ1n) is 9.33. The van der Waals surface area contributed by atoms with E-state index in [4.69, 9.17) is 4.74 Å². The monoisotopic (exact) mass is 393 g/mol. The molecule has 4 rings (SSSR count). The minimum absolute atomic E-state index is 0.184. The van der Waals surface area contributed by atoms with Crippen LogP contribution in [0.25, 0.3) is 0 Å². The first-order valence-corrected chi connectivity index (χ1v) is 9.33. The zero-order valence-corrected chi connectivity index (χ0v) is 15.9. The summed E-state index contributed by atoms with van der Waals surface area (Å²) >= 11 is 0. The molecule has 1 aromatic heterocycles. The predicted octanol–water partition coefficient (Wildman–Crippen LogP) is 2.71. The molecule has 6 nitrogen and oxygen atoms in total. The fraction of sp³-hybridized carbons (Fsp3) is 0.227. The number of carbonyl (C=O) groups is 1. The van der Waals surface area contributed by atoms with E-state index < -0.39 is 0 Å². The Morgan fingerprint density at radius 2 is 2.07 bits per heavy atom. The molecule has 0 fully saturated rings. The largest absolute Gasteiger partial charge is 0.496 e. The van der Waals surface area contributed by atoms with Crippen molar-refractivity contribution in [3.63, 3.8) is 0 Å². The summed E-state index contributed by atoms with van der Waals surface area (Å²) in [5.74, 6) is 0.481. The standard InChI is InChI=1S/C22H20FN3O3/c1-29-19-8-3-2-7-16(19)22(28)26-10-9-18-17(13-26)21(27)25-20(24-18)12-14-5-4-6-15(23)11-14/h2-8,11H,9-10,12-13H2,1H3,(H,24,25,27). The van der Waals surface area contributed by atoms with Gasteiger partial charge in [0.1, 0.15) is 17.4 Å². The van der Waals surface area contributed by atoms with Gasteiger partial charge >= 0.3 is 0 Å². The smallest absolute Gasteiger partial charge is 0.257 e. The zero-order valence-electron chi connectivity index (χ0n) is 15.9. The van der Waals surface area contributed by atoms with Gasteiger partial charge in [0.05, 0.1) is 30.5 Å². The number of nitrogens with zero attached hydrogens (tertiary/aromatic N) is 2. The van der Waals surface area contributed by atoms with Crippen molar-refractivity contribution in [3.8, 4) is 5.75 Å². The Labute approximate surface area is 167 Å². The molecule has 0 saturated carbocycles. The number of ether oxygens (including phenoxy) is 1. The number of amides is 1. The molecule has 1 amide bonds. The molecular formula is C22H20FN3O3. The first kappa shape index (κ1) is 18.9. The average Bonchev–Trinajstić information content (AvgIpc) is 2.73. The van der Waals surface area contributed by atoms with Crippen LogP contribution in [-0.4, -0.2) is 34.4 Å². The molecule has 1 N–H and O–H groups in total. The SMILES string of the molecule is COc1ccccc1C(=O)N1CCc2nc(Cc3cccc(F)c3)[nH]c(=O)c2C1. The summed E-state index contributed by atoms with van der Waals surface area (Å²) in [6.07, 6.45) is 0.820. The number of aromatic amines is 1. The zero-order chi connectivity index (χ0) is 20.4. The van der Waals surface area contributed by atoms with Gasteiger partial charge in [-0.3, -0.25) is 9.59 Å². The molecule has 0 radical (unpaired) electrons. The number of hydrogen-bond acceptors (Lipinski definition) is 4. The highest BCUT2D eigenvalue weighted by molar-refractivity contribution is 5.97. The van der Waals surface area contributed by atoms with Gasteiger partial charge in [-0.05, 0) is 29.8 Å². The van der Waals surface area contributed by atoms with E-state index in [9.17, 15) is 14.0 Å². The van der Waals surface area contributed by atoms with E-state index in [2.05, 4.69) is 9.97 Å². The number of H-pyrrole nitrogens is 1. The lowest BCUT2D eigenvalue weighted by Gasteiger charge is -2.28. The Kier molecular flexibility index (Phi) is 5.12. The minimum Gasteiger partial charge on any atom is -0.496 e. The summed E-state index contributed by atoms with van der Waals surface area (Å²) in [4.78, 5) is 34.5. The van der Waals surface area contributed by atoms with Gasteiger partial charge in [-0.15, -0.1) is 0 Å². The van der Waals surface area contributed by atoms with Gasteiger partial charge in [-0.1, -0.05) is 24.3 Å². The summed E-state index contributed by atoms with van der Waals surface area (Å²) in [6, 6.07) is 13.2. The lowest BCUT2D eigenvalue weighted by Crippen LogP contribution is -2.40. The second-order valence-electron chi connectivity index (χ2n) is 6.92. The summed E-state index contributed by atoms with van der Waals surface area (Å²) in [6.45, 7) is 0.647. The highest BCUT2D eigenvalue weighted by Gasteiger charge is 2.26. The van der Waals surface area contributed by atoms with E-state index in [1.54, 1.807) is 41.3 Å². The molecule has 0 aliphatic carbocycles. The van der Waals surface area contributed by atoms with Crippen molar-refractivity contribution in [3.05, 3.63) is 92.9 Å². The molecule has 1 aliphatic rings. The van der Waals surface area contributed by atoms with Gasteiger partial charge in [0.15, 0.2) is 0 Å². The molecule has 148 valence electrons. The molecule has 7 heteroatoms. The van der Waals surface area contributed by atoms with Crippen molar-refractivity contribution in [1.82, 2.24) is 14.9 Å². The third-order valence-electron chi connectivity index (χ3n) is 5.00. The van der Waals surface area contributed by atoms with Crippen LogP contribution in [0.5, 0.6) is 5.75 Å². The van der Waals surface area contributed by atoms with E-state index in [-0.39, 0.29) is 23.8 Å². The predicted molar refractivity (Wildman–Crippen MR) is 106 cm³/mol. The van der Waals surface area contributed by atoms with Crippen molar-refractivity contribution in [1.29, 1.82) is 0 Å². The van der Waals surface area contributed by atoms with Gasteiger partial charge < -0.3 is 14.6 Å². The molecule has 1 aliphatic heterocycles. The van der Waals surface area contributed by atoms with Crippen molar-refractivity contribution >= 4 is 5.91 Å². The van der Waals surface area contributed by atoms with E-state index in [1.807, 2.05) is 0 Å². The minimum atomic E-state index is -0.326. The van der Waals surface area contributed by atoms with Crippen LogP contribution < -0.4 is 10.3 Å². The first-order chi connectivity index (χ1) is 14.0. The maximum absolute atomic E-state index is 13.4. The number of aromatic nitrogens is 2. The normalized spacial score (nSPS) is 13.1. The van der Waals surface area contributed by atoms with Crippen LogP contribution in [0.2, 0.25) is 0 Å². The third kappa shape index (κ3) is 3.89. The Morgan fingerprint density at radius 1 is 1.24 bits per heavy atom. The van der Waals surface area contributed by atoms with E-state index in [0.29, 0.717) is 47.8 Å². The van der Waals surface area contributed by atoms with Crippen LogP contribution >= 0.6 is 0 Å². The number of para-hydroxylation sites is 1. The lowest BCUT2D eigenvalue weighted by atomic mass is 10.0. The highest BCUT2D eigenvalue weighted by Crippen LogP contribution is 2.22. The fourth-order valence-corrected chi connectivity index (χ4v) is 3.57. The molecule has 0 saturated heterocycles. The van der Waals surface area contributed by atoms with Crippen LogP contribution in [0.1, 0.15) is 33.0 Å². The fourth-order valence-electron chi connectivity index (χ4n) is 3.57. The van der Waals surface area contributed by atoms with Gasteiger partial charge in [-0.2, -0.15) is 0 Å². The number of hydrogen-bond donors (Lipinski definition) is 1. The summed E-state index contributed by atoms with van der Waals surface area (Å²) < 4.78 is 18.7. The molecule has 2 aromatic carbocycles. The lowest BCUT2D eigenvalue weighted by molar-refractivity contribution is 0.0729. The van der Waals surface area contributed by atoms with E-state index in [1.165, 1.54) is 19.2 Å². The van der Waals surface area contributed by atoms with Gasteiger partial charge in [-0.25, -0.2) is 9.37 Å². The summed E-state index contributed by atoms with van der Waals surface area (Å²) in [5, 5.41) is 0. The molecule has 3 aromatic rings. The molecule has 29 heavy (non-hydrogen) atoms. The number of benzene rings is 2. The molecule has 0 spiro atoms. The second kappa shape index (κ2) is 7.87. The maximum atomic E-state index is 13.4. The second-order valence-corrected chi connectivity index (χ2v) is 6.92. The van der Waals surface area contributed by atoms with Crippen molar-refractivity contribution in [2.75, 3.05) is 13.7 Å². The molecule has 0 unspecified atom stereocenters. The van der Waals surface area contributed by atoms with Crippen LogP contribution in [0.3, 0.4) is 0 Å². The Balaban J connectivity index is 1.57. The van der Waals surface area contributed by atoms with Crippen LogP contribution in [0.4, 0.5) is 4.39 Å². The Bertz CT molecular complexity index is 1130. The number of fused-ring (bicyclic) bond motifs is 1. The van der Waals surface area contributed by atoms with Gasteiger partial charge in [0, 0.05) is 19.4 Å². The number of rotatable bonds is 4. The highest BCUT2D eigenvalue weighted by atomic mass is 19.1.